The summed E-state index contributed by atoms with van der Waals surface area (Å²) in [6, 6.07) is 18.4. The minimum Gasteiger partial charge on any atom is -0.497 e. The Hall–Kier alpha value is -2.53. The molecule has 140 valence electrons. The smallest absolute Gasteiger partial charge is 0.190 e. The lowest BCUT2D eigenvalue weighted by molar-refractivity contribution is 0.119. The van der Waals surface area contributed by atoms with Gasteiger partial charge < -0.3 is 20.1 Å². The van der Waals surface area contributed by atoms with Crippen LogP contribution in [0.3, 0.4) is 0 Å². The first-order valence-corrected chi connectivity index (χ1v) is 9.01. The maximum atomic E-state index is 5.71. The average molecular weight is 355 g/mol. The fraction of sp³-hybridized carbons (Fsp3) is 0.381. The summed E-state index contributed by atoms with van der Waals surface area (Å²) >= 11 is 0. The van der Waals surface area contributed by atoms with Gasteiger partial charge in [0.15, 0.2) is 5.96 Å². The Balaban J connectivity index is 1.53. The first-order valence-electron chi connectivity index (χ1n) is 9.01. The lowest BCUT2D eigenvalue weighted by Crippen LogP contribution is -2.39. The number of hydrogen-bond acceptors (Lipinski definition) is 3. The highest BCUT2D eigenvalue weighted by molar-refractivity contribution is 5.79. The third kappa shape index (κ3) is 7.57. The van der Waals surface area contributed by atoms with Gasteiger partial charge in [0.2, 0.25) is 0 Å². The zero-order valence-corrected chi connectivity index (χ0v) is 15.7. The monoisotopic (exact) mass is 355 g/mol. The van der Waals surface area contributed by atoms with Crippen LogP contribution in [0, 0.1) is 0 Å². The van der Waals surface area contributed by atoms with Crippen molar-refractivity contribution in [3.8, 4) is 5.75 Å². The molecule has 26 heavy (non-hydrogen) atoms. The molecule has 2 aromatic rings. The van der Waals surface area contributed by atoms with E-state index in [2.05, 4.69) is 39.9 Å². The lowest BCUT2D eigenvalue weighted by atomic mass is 10.1. The van der Waals surface area contributed by atoms with Crippen LogP contribution in [0.2, 0.25) is 0 Å². The summed E-state index contributed by atoms with van der Waals surface area (Å²) in [5.41, 5.74) is 2.47. The van der Waals surface area contributed by atoms with Crippen molar-refractivity contribution in [3.05, 3.63) is 65.7 Å². The highest BCUT2D eigenvalue weighted by Crippen LogP contribution is 2.11. The molecule has 0 aliphatic rings. The van der Waals surface area contributed by atoms with Crippen molar-refractivity contribution in [1.29, 1.82) is 0 Å². The number of ether oxygens (including phenoxy) is 2. The molecule has 0 aliphatic heterocycles. The molecule has 0 saturated heterocycles. The second-order valence-corrected chi connectivity index (χ2v) is 5.92. The number of methoxy groups -OCH3 is 1. The zero-order valence-electron chi connectivity index (χ0n) is 15.7. The maximum Gasteiger partial charge on any atom is 0.190 e. The molecule has 0 spiro atoms. The van der Waals surface area contributed by atoms with Gasteiger partial charge >= 0.3 is 0 Å². The van der Waals surface area contributed by atoms with Gasteiger partial charge in [-0.1, -0.05) is 42.5 Å². The SMILES string of the molecule is CN=C(NCCCOCc1ccc(OC)cc1)NCCc1ccccc1. The van der Waals surface area contributed by atoms with Gasteiger partial charge in [0, 0.05) is 26.7 Å². The van der Waals surface area contributed by atoms with Crippen LogP contribution in [0.4, 0.5) is 0 Å². The van der Waals surface area contributed by atoms with Gasteiger partial charge in [-0.2, -0.15) is 0 Å². The van der Waals surface area contributed by atoms with Gasteiger partial charge in [0.05, 0.1) is 13.7 Å². The summed E-state index contributed by atoms with van der Waals surface area (Å²) in [5.74, 6) is 1.69. The number of rotatable bonds is 10. The summed E-state index contributed by atoms with van der Waals surface area (Å²) in [6.45, 7) is 3.01. The van der Waals surface area contributed by atoms with E-state index < -0.39 is 0 Å². The molecular weight excluding hydrogens is 326 g/mol. The van der Waals surface area contributed by atoms with E-state index >= 15 is 0 Å². The number of nitrogens with one attached hydrogen (secondary N) is 2. The van der Waals surface area contributed by atoms with Crippen LogP contribution in [0.15, 0.2) is 59.6 Å². The Morgan fingerprint density at radius 2 is 1.65 bits per heavy atom. The van der Waals surface area contributed by atoms with E-state index in [0.717, 1.165) is 43.2 Å². The van der Waals surface area contributed by atoms with Crippen molar-refractivity contribution in [2.75, 3.05) is 33.9 Å². The molecule has 0 radical (unpaired) electrons. The summed E-state index contributed by atoms with van der Waals surface area (Å²) in [5, 5.41) is 6.64. The molecule has 0 heterocycles. The third-order valence-electron chi connectivity index (χ3n) is 3.96. The molecule has 5 nitrogen and oxygen atoms in total. The van der Waals surface area contributed by atoms with Crippen LogP contribution < -0.4 is 15.4 Å². The molecule has 2 aromatic carbocycles. The predicted octanol–water partition coefficient (Wildman–Crippen LogP) is 3.01. The summed E-state index contributed by atoms with van der Waals surface area (Å²) < 4.78 is 10.9. The van der Waals surface area contributed by atoms with E-state index in [-0.39, 0.29) is 0 Å². The standard InChI is InChI=1S/C21H29N3O2/c1-22-21(24-15-13-18-7-4-3-5-8-18)23-14-6-16-26-17-19-9-11-20(25-2)12-10-19/h3-5,7-12H,6,13-17H2,1-2H3,(H2,22,23,24). The summed E-state index contributed by atoms with van der Waals surface area (Å²) in [4.78, 5) is 4.24. The number of nitrogens with zero attached hydrogens (tertiary/aromatic N) is 1. The first kappa shape index (κ1) is 19.8. The molecule has 5 heteroatoms. The fourth-order valence-corrected chi connectivity index (χ4v) is 2.48. The van der Waals surface area contributed by atoms with Crippen LogP contribution in [-0.2, 0) is 17.8 Å². The van der Waals surface area contributed by atoms with Crippen LogP contribution in [0.25, 0.3) is 0 Å². The molecule has 0 amide bonds. The predicted molar refractivity (Wildman–Crippen MR) is 107 cm³/mol. The van der Waals surface area contributed by atoms with Gasteiger partial charge in [0.1, 0.15) is 5.75 Å². The fourth-order valence-electron chi connectivity index (χ4n) is 2.48. The van der Waals surface area contributed by atoms with Crippen LogP contribution in [0.5, 0.6) is 5.75 Å². The normalized spacial score (nSPS) is 11.2. The largest absolute Gasteiger partial charge is 0.497 e. The Morgan fingerprint density at radius 3 is 2.35 bits per heavy atom. The van der Waals surface area contributed by atoms with Gasteiger partial charge in [-0.3, -0.25) is 4.99 Å². The van der Waals surface area contributed by atoms with Gasteiger partial charge in [-0.25, -0.2) is 0 Å². The highest BCUT2D eigenvalue weighted by atomic mass is 16.5. The van der Waals surface area contributed by atoms with Crippen LogP contribution in [-0.4, -0.2) is 39.8 Å². The summed E-state index contributed by atoms with van der Waals surface area (Å²) in [6.07, 6.45) is 1.90. The Kier molecular flexibility index (Phi) is 9.08. The molecule has 0 fully saturated rings. The number of guanidine groups is 1. The Labute approximate surface area is 156 Å². The first-order chi connectivity index (χ1) is 12.8. The number of benzene rings is 2. The van der Waals surface area contributed by atoms with Gasteiger partial charge in [-0.05, 0) is 36.1 Å². The van der Waals surface area contributed by atoms with Crippen molar-refractivity contribution in [3.63, 3.8) is 0 Å². The molecule has 0 aliphatic carbocycles. The van der Waals surface area contributed by atoms with Crippen molar-refractivity contribution in [1.82, 2.24) is 10.6 Å². The molecule has 2 N–H and O–H groups in total. The number of aliphatic imine (C=N–C) groups is 1. The van der Waals surface area contributed by atoms with Gasteiger partial charge in [0.25, 0.3) is 0 Å². The molecule has 0 atom stereocenters. The molecule has 0 aromatic heterocycles. The maximum absolute atomic E-state index is 5.71. The molecule has 0 bridgehead atoms. The van der Waals surface area contributed by atoms with Crippen LogP contribution in [0.1, 0.15) is 17.5 Å². The van der Waals surface area contributed by atoms with E-state index in [0.29, 0.717) is 13.2 Å². The minimum atomic E-state index is 0.619. The van der Waals surface area contributed by atoms with E-state index in [4.69, 9.17) is 9.47 Å². The minimum absolute atomic E-state index is 0.619. The van der Waals surface area contributed by atoms with Crippen molar-refractivity contribution in [2.24, 2.45) is 4.99 Å². The Bertz CT molecular complexity index is 642. The third-order valence-corrected chi connectivity index (χ3v) is 3.96. The van der Waals surface area contributed by atoms with Gasteiger partial charge in [-0.15, -0.1) is 0 Å². The lowest BCUT2D eigenvalue weighted by Gasteiger charge is -2.12. The van der Waals surface area contributed by atoms with E-state index in [1.807, 2.05) is 30.3 Å². The van der Waals surface area contributed by atoms with E-state index in [1.54, 1.807) is 14.2 Å². The van der Waals surface area contributed by atoms with E-state index in [9.17, 15) is 0 Å². The molecule has 2 rings (SSSR count). The second-order valence-electron chi connectivity index (χ2n) is 5.92. The molecule has 0 unspecified atom stereocenters. The molecular formula is C21H29N3O2. The summed E-state index contributed by atoms with van der Waals surface area (Å²) in [7, 11) is 3.46. The van der Waals surface area contributed by atoms with Crippen molar-refractivity contribution >= 4 is 5.96 Å². The number of hydrogen-bond donors (Lipinski definition) is 2. The highest BCUT2D eigenvalue weighted by Gasteiger charge is 1.98. The van der Waals surface area contributed by atoms with Crippen molar-refractivity contribution < 1.29 is 9.47 Å². The quantitative estimate of drug-likeness (QED) is 0.391. The average Bonchev–Trinajstić information content (AvgIpc) is 2.70. The second kappa shape index (κ2) is 11.9. The van der Waals surface area contributed by atoms with E-state index in [1.165, 1.54) is 5.56 Å². The van der Waals surface area contributed by atoms with Crippen LogP contribution >= 0.6 is 0 Å². The zero-order chi connectivity index (χ0) is 18.5. The molecule has 0 saturated carbocycles. The topological polar surface area (TPSA) is 54.9 Å². The Morgan fingerprint density at radius 1 is 0.923 bits per heavy atom. The van der Waals surface area contributed by atoms with Crippen molar-refractivity contribution in [2.45, 2.75) is 19.4 Å².